The molecule has 84 valence electrons. The first-order valence-electron chi connectivity index (χ1n) is 5.51. The second kappa shape index (κ2) is 5.76. The molecule has 0 aliphatic heterocycles. The Bertz CT molecular complexity index is 289. The number of ether oxygens (including phenoxy) is 1. The molecule has 0 saturated carbocycles. The molecule has 0 aliphatic rings. The van der Waals surface area contributed by atoms with Crippen LogP contribution in [0.15, 0.2) is 18.2 Å². The van der Waals surface area contributed by atoms with E-state index in [-0.39, 0.29) is 6.10 Å². The van der Waals surface area contributed by atoms with Crippen LogP contribution in [-0.4, -0.2) is 19.7 Å². The average Bonchev–Trinajstić information content (AvgIpc) is 2.13. The maximum Gasteiger partial charge on any atom is 0.120 e. The zero-order chi connectivity index (χ0) is 11.3. The summed E-state index contributed by atoms with van der Waals surface area (Å²) in [6, 6.07) is 6.33. The fourth-order valence-electron chi connectivity index (χ4n) is 1.64. The lowest BCUT2D eigenvalue weighted by atomic mass is 10.1. The van der Waals surface area contributed by atoms with Crippen LogP contribution in [0, 0.1) is 13.8 Å². The van der Waals surface area contributed by atoms with Crippen molar-refractivity contribution >= 4 is 0 Å². The van der Waals surface area contributed by atoms with Gasteiger partial charge in [-0.3, -0.25) is 0 Å². The molecule has 0 saturated heterocycles. The molecule has 0 aromatic heterocycles. The predicted octanol–water partition coefficient (Wildman–Crippen LogP) is 2.68. The van der Waals surface area contributed by atoms with Crippen molar-refractivity contribution < 1.29 is 4.74 Å². The van der Waals surface area contributed by atoms with E-state index in [1.165, 1.54) is 11.1 Å². The van der Waals surface area contributed by atoms with Gasteiger partial charge >= 0.3 is 0 Å². The van der Waals surface area contributed by atoms with Gasteiger partial charge in [0.15, 0.2) is 0 Å². The van der Waals surface area contributed by atoms with Gasteiger partial charge in [0.2, 0.25) is 0 Å². The molecule has 2 nitrogen and oxygen atoms in total. The molecular formula is C13H21NO. The first kappa shape index (κ1) is 12.1. The zero-order valence-corrected chi connectivity index (χ0v) is 10.1. The Kier molecular flexibility index (Phi) is 4.63. The van der Waals surface area contributed by atoms with Crippen molar-refractivity contribution in [3.63, 3.8) is 0 Å². The normalized spacial score (nSPS) is 12.5. The van der Waals surface area contributed by atoms with Gasteiger partial charge in [-0.1, -0.05) is 6.07 Å². The molecule has 1 unspecified atom stereocenters. The van der Waals surface area contributed by atoms with Crippen LogP contribution in [0.25, 0.3) is 0 Å². The largest absolute Gasteiger partial charge is 0.491 e. The standard InChI is InChI=1S/C13H21NO/c1-10-7-11(2)9-13(8-10)15-12(3)5-6-14-4/h7-9,12,14H,5-6H2,1-4H3. The molecule has 1 rings (SSSR count). The third-order valence-corrected chi connectivity index (χ3v) is 2.33. The summed E-state index contributed by atoms with van der Waals surface area (Å²) in [6.45, 7) is 7.29. The average molecular weight is 207 g/mol. The predicted molar refractivity (Wildman–Crippen MR) is 64.5 cm³/mol. The molecule has 1 atom stereocenters. The summed E-state index contributed by atoms with van der Waals surface area (Å²) in [4.78, 5) is 0. The highest BCUT2D eigenvalue weighted by Gasteiger charge is 2.03. The minimum absolute atomic E-state index is 0.263. The topological polar surface area (TPSA) is 21.3 Å². The van der Waals surface area contributed by atoms with Gasteiger partial charge in [0.1, 0.15) is 5.75 Å². The quantitative estimate of drug-likeness (QED) is 0.801. The third-order valence-electron chi connectivity index (χ3n) is 2.33. The van der Waals surface area contributed by atoms with Crippen LogP contribution in [0.1, 0.15) is 24.5 Å². The molecule has 0 radical (unpaired) electrons. The van der Waals surface area contributed by atoms with E-state index in [0.29, 0.717) is 0 Å². The molecule has 0 spiro atoms. The Morgan fingerprint density at radius 2 is 1.80 bits per heavy atom. The monoisotopic (exact) mass is 207 g/mol. The number of rotatable bonds is 5. The highest BCUT2D eigenvalue weighted by Crippen LogP contribution is 2.18. The molecule has 1 aromatic carbocycles. The van der Waals surface area contributed by atoms with Crippen molar-refractivity contribution in [2.75, 3.05) is 13.6 Å². The lowest BCUT2D eigenvalue weighted by molar-refractivity contribution is 0.211. The Morgan fingerprint density at radius 1 is 1.20 bits per heavy atom. The van der Waals surface area contributed by atoms with Crippen molar-refractivity contribution in [2.24, 2.45) is 0 Å². The number of aryl methyl sites for hydroxylation is 2. The summed E-state index contributed by atoms with van der Waals surface area (Å²) < 4.78 is 5.84. The fourth-order valence-corrected chi connectivity index (χ4v) is 1.64. The van der Waals surface area contributed by atoms with Gasteiger partial charge in [-0.05, 0) is 64.0 Å². The van der Waals surface area contributed by atoms with E-state index >= 15 is 0 Å². The molecule has 1 aromatic rings. The molecule has 15 heavy (non-hydrogen) atoms. The van der Waals surface area contributed by atoms with Crippen molar-refractivity contribution in [3.8, 4) is 5.75 Å². The van der Waals surface area contributed by atoms with Crippen LogP contribution in [0.4, 0.5) is 0 Å². The molecule has 1 N–H and O–H groups in total. The maximum absolute atomic E-state index is 5.84. The van der Waals surface area contributed by atoms with Crippen molar-refractivity contribution in [1.82, 2.24) is 5.32 Å². The van der Waals surface area contributed by atoms with Gasteiger partial charge in [-0.2, -0.15) is 0 Å². The number of nitrogens with one attached hydrogen (secondary N) is 1. The van der Waals surface area contributed by atoms with E-state index in [2.05, 4.69) is 44.3 Å². The number of hydrogen-bond acceptors (Lipinski definition) is 2. The van der Waals surface area contributed by atoms with Gasteiger partial charge < -0.3 is 10.1 Å². The summed E-state index contributed by atoms with van der Waals surface area (Å²) in [5, 5.41) is 3.13. The molecule has 0 fully saturated rings. The van der Waals surface area contributed by atoms with Gasteiger partial charge in [0.25, 0.3) is 0 Å². The van der Waals surface area contributed by atoms with E-state index in [4.69, 9.17) is 4.74 Å². The Hall–Kier alpha value is -1.02. The SMILES string of the molecule is CNCCC(C)Oc1cc(C)cc(C)c1. The molecule has 2 heteroatoms. The lowest BCUT2D eigenvalue weighted by Crippen LogP contribution is -2.19. The number of hydrogen-bond donors (Lipinski definition) is 1. The fraction of sp³-hybridized carbons (Fsp3) is 0.538. The van der Waals surface area contributed by atoms with Crippen LogP contribution in [0.5, 0.6) is 5.75 Å². The highest BCUT2D eigenvalue weighted by atomic mass is 16.5. The van der Waals surface area contributed by atoms with Crippen LogP contribution < -0.4 is 10.1 Å². The summed E-state index contributed by atoms with van der Waals surface area (Å²) >= 11 is 0. The molecular weight excluding hydrogens is 186 g/mol. The first-order valence-corrected chi connectivity index (χ1v) is 5.51. The van der Waals surface area contributed by atoms with E-state index < -0.39 is 0 Å². The van der Waals surface area contributed by atoms with Gasteiger partial charge in [0, 0.05) is 0 Å². The summed E-state index contributed by atoms with van der Waals surface area (Å²) in [5.41, 5.74) is 2.51. The van der Waals surface area contributed by atoms with Crippen molar-refractivity contribution in [1.29, 1.82) is 0 Å². The Labute approximate surface area is 92.6 Å². The van der Waals surface area contributed by atoms with Crippen LogP contribution in [0.2, 0.25) is 0 Å². The minimum atomic E-state index is 0.263. The second-order valence-corrected chi connectivity index (χ2v) is 4.14. The minimum Gasteiger partial charge on any atom is -0.491 e. The zero-order valence-electron chi connectivity index (χ0n) is 10.1. The third kappa shape index (κ3) is 4.34. The van der Waals surface area contributed by atoms with Crippen LogP contribution in [-0.2, 0) is 0 Å². The van der Waals surface area contributed by atoms with Gasteiger partial charge in [-0.25, -0.2) is 0 Å². The van der Waals surface area contributed by atoms with Crippen molar-refractivity contribution in [3.05, 3.63) is 29.3 Å². The summed E-state index contributed by atoms with van der Waals surface area (Å²) in [7, 11) is 1.96. The Balaban J connectivity index is 2.56. The van der Waals surface area contributed by atoms with Gasteiger partial charge in [0.05, 0.1) is 6.10 Å². The Morgan fingerprint density at radius 3 is 2.33 bits per heavy atom. The molecule has 0 aliphatic carbocycles. The van der Waals surface area contributed by atoms with E-state index in [1.807, 2.05) is 7.05 Å². The molecule has 0 heterocycles. The smallest absolute Gasteiger partial charge is 0.120 e. The van der Waals surface area contributed by atoms with E-state index in [0.717, 1.165) is 18.7 Å². The van der Waals surface area contributed by atoms with Crippen LogP contribution in [0.3, 0.4) is 0 Å². The highest BCUT2D eigenvalue weighted by molar-refractivity contribution is 5.33. The van der Waals surface area contributed by atoms with E-state index in [9.17, 15) is 0 Å². The second-order valence-electron chi connectivity index (χ2n) is 4.14. The van der Waals surface area contributed by atoms with E-state index in [1.54, 1.807) is 0 Å². The molecule has 0 bridgehead atoms. The van der Waals surface area contributed by atoms with Gasteiger partial charge in [-0.15, -0.1) is 0 Å². The first-order chi connectivity index (χ1) is 7.11. The lowest BCUT2D eigenvalue weighted by Gasteiger charge is -2.15. The summed E-state index contributed by atoms with van der Waals surface area (Å²) in [5.74, 6) is 0.983. The van der Waals surface area contributed by atoms with Crippen LogP contribution >= 0.6 is 0 Å². The summed E-state index contributed by atoms with van der Waals surface area (Å²) in [6.07, 6.45) is 1.29. The maximum atomic E-state index is 5.84. The molecule has 0 amide bonds. The van der Waals surface area contributed by atoms with Crippen molar-refractivity contribution in [2.45, 2.75) is 33.3 Å². The number of benzene rings is 1.